The summed E-state index contributed by atoms with van der Waals surface area (Å²) in [6.45, 7) is 1.90. The Hall–Kier alpha value is -3.29. The highest BCUT2D eigenvalue weighted by atomic mass is 35.5. The van der Waals surface area contributed by atoms with E-state index < -0.39 is 4.92 Å². The molecule has 1 N–H and O–H groups in total. The van der Waals surface area contributed by atoms with Gasteiger partial charge in [0.1, 0.15) is 0 Å². The molecule has 1 aromatic heterocycles. The number of anilines is 1. The Labute approximate surface area is 177 Å². The molecule has 29 heavy (non-hydrogen) atoms. The predicted molar refractivity (Wildman–Crippen MR) is 115 cm³/mol. The summed E-state index contributed by atoms with van der Waals surface area (Å²) in [7, 11) is 0. The maximum atomic E-state index is 13.2. The van der Waals surface area contributed by atoms with Gasteiger partial charge >= 0.3 is 0 Å². The zero-order valence-corrected chi connectivity index (χ0v) is 16.9. The molecule has 0 amide bonds. The van der Waals surface area contributed by atoms with Crippen LogP contribution in [-0.2, 0) is 0 Å². The van der Waals surface area contributed by atoms with Crippen LogP contribution in [0.2, 0.25) is 5.02 Å². The van der Waals surface area contributed by atoms with Crippen molar-refractivity contribution in [3.05, 3.63) is 99.3 Å². The topological polar surface area (TPSA) is 82.1 Å². The van der Waals surface area contributed by atoms with Gasteiger partial charge in [0.25, 0.3) is 5.69 Å². The Bertz CT molecular complexity index is 1100. The van der Waals surface area contributed by atoms with E-state index in [4.69, 9.17) is 23.8 Å². The van der Waals surface area contributed by atoms with Crippen molar-refractivity contribution in [1.82, 2.24) is 0 Å². The number of thiocarbonyl (C=S) groups is 1. The van der Waals surface area contributed by atoms with E-state index in [1.165, 1.54) is 24.3 Å². The van der Waals surface area contributed by atoms with Gasteiger partial charge in [0.2, 0.25) is 5.70 Å². The van der Waals surface area contributed by atoms with Crippen LogP contribution in [0.4, 0.5) is 11.4 Å². The van der Waals surface area contributed by atoms with Crippen molar-refractivity contribution in [1.29, 1.82) is 0 Å². The summed E-state index contributed by atoms with van der Waals surface area (Å²) in [5.41, 5.74) is 2.05. The van der Waals surface area contributed by atoms with E-state index in [1.807, 2.05) is 19.1 Å². The molecule has 0 radical (unpaired) electrons. The minimum Gasteiger partial charge on any atom is -0.867 e. The van der Waals surface area contributed by atoms with Gasteiger partial charge in [-0.3, -0.25) is 10.1 Å². The van der Waals surface area contributed by atoms with Crippen LogP contribution in [0.5, 0.6) is 0 Å². The lowest BCUT2D eigenvalue weighted by atomic mass is 10.1. The molecule has 0 unspecified atom stereocenters. The molecule has 146 valence electrons. The number of nitrogens with one attached hydrogen (secondary N) is 1. The first-order chi connectivity index (χ1) is 13.8. The number of aryl methyl sites for hydroxylation is 1. The maximum absolute atomic E-state index is 13.2. The van der Waals surface area contributed by atoms with Gasteiger partial charge in [-0.1, -0.05) is 23.8 Å². The van der Waals surface area contributed by atoms with Gasteiger partial charge in [0, 0.05) is 34.5 Å². The number of hydrogen-bond donors (Lipinski definition) is 1. The van der Waals surface area contributed by atoms with Crippen LogP contribution in [-0.4, -0.2) is 9.91 Å². The molecule has 0 aliphatic heterocycles. The standard InChI is InChI=1S/C21H16ClN3O3S/c1-14-3-2-12-24(13-14)19(21(29)23-17-8-6-16(22)7-9-17)20(26)15-4-10-18(11-5-15)25(27)28/h2-13H,1H3,(H-,23,26,29). The molecule has 0 saturated heterocycles. The SMILES string of the molecule is Cc1ccc[n+](C(C(=S)Nc2ccc(Cl)cc2)=C([O-])c2ccc([N+](=O)[O-])cc2)c1. The van der Waals surface area contributed by atoms with Crippen molar-refractivity contribution >= 4 is 51.6 Å². The van der Waals surface area contributed by atoms with Crippen LogP contribution < -0.4 is 15.0 Å². The first kappa shape index (κ1) is 20.4. The average Bonchev–Trinajstić information content (AvgIpc) is 2.70. The Balaban J connectivity index is 2.06. The normalized spacial score (nSPS) is 11.5. The third-order valence-electron chi connectivity index (χ3n) is 4.08. The smallest absolute Gasteiger partial charge is 0.269 e. The quantitative estimate of drug-likeness (QED) is 0.167. The highest BCUT2D eigenvalue weighted by Gasteiger charge is 2.19. The van der Waals surface area contributed by atoms with Crippen molar-refractivity contribution in [2.75, 3.05) is 5.32 Å². The predicted octanol–water partition coefficient (Wildman–Crippen LogP) is 3.97. The Morgan fingerprint density at radius 3 is 2.34 bits per heavy atom. The fourth-order valence-corrected chi connectivity index (χ4v) is 3.11. The van der Waals surface area contributed by atoms with Crippen LogP contribution >= 0.6 is 23.8 Å². The number of hydrogen-bond acceptors (Lipinski definition) is 4. The molecule has 0 aliphatic rings. The molecule has 0 spiro atoms. The van der Waals surface area contributed by atoms with E-state index in [1.54, 1.807) is 41.2 Å². The summed E-state index contributed by atoms with van der Waals surface area (Å²) in [6.07, 6.45) is 3.51. The lowest BCUT2D eigenvalue weighted by Crippen LogP contribution is -2.40. The lowest BCUT2D eigenvalue weighted by molar-refractivity contribution is -0.578. The lowest BCUT2D eigenvalue weighted by Gasteiger charge is -2.17. The number of pyridine rings is 1. The first-order valence-corrected chi connectivity index (χ1v) is 9.35. The zero-order valence-electron chi connectivity index (χ0n) is 15.3. The third-order valence-corrected chi connectivity index (χ3v) is 4.63. The number of rotatable bonds is 5. The molecule has 8 heteroatoms. The Kier molecular flexibility index (Phi) is 6.21. The van der Waals surface area contributed by atoms with E-state index >= 15 is 0 Å². The largest absolute Gasteiger partial charge is 0.867 e. The molecular weight excluding hydrogens is 410 g/mol. The number of non-ortho nitro benzene ring substituents is 1. The second kappa shape index (κ2) is 8.81. The van der Waals surface area contributed by atoms with E-state index in [0.29, 0.717) is 16.3 Å². The van der Waals surface area contributed by atoms with E-state index in [0.717, 1.165) is 5.56 Å². The molecule has 3 aromatic rings. The van der Waals surface area contributed by atoms with Crippen LogP contribution in [0.15, 0.2) is 73.1 Å². The van der Waals surface area contributed by atoms with E-state index in [9.17, 15) is 15.2 Å². The van der Waals surface area contributed by atoms with Crippen molar-refractivity contribution in [3.8, 4) is 0 Å². The molecule has 1 heterocycles. The fourth-order valence-electron chi connectivity index (χ4n) is 2.66. The highest BCUT2D eigenvalue weighted by Crippen LogP contribution is 2.21. The Morgan fingerprint density at radius 1 is 1.10 bits per heavy atom. The number of benzene rings is 2. The summed E-state index contributed by atoms with van der Waals surface area (Å²) in [5.74, 6) is -0.359. The molecular formula is C21H16ClN3O3S. The summed E-state index contributed by atoms with van der Waals surface area (Å²) in [6, 6.07) is 16.1. The number of nitro benzene ring substituents is 1. The second-order valence-electron chi connectivity index (χ2n) is 6.23. The van der Waals surface area contributed by atoms with Crippen molar-refractivity contribution in [2.45, 2.75) is 6.92 Å². The molecule has 0 atom stereocenters. The van der Waals surface area contributed by atoms with Crippen LogP contribution in [0.3, 0.4) is 0 Å². The van der Waals surface area contributed by atoms with Crippen LogP contribution in [0.1, 0.15) is 11.1 Å². The van der Waals surface area contributed by atoms with Crippen LogP contribution in [0, 0.1) is 17.0 Å². The van der Waals surface area contributed by atoms with E-state index in [2.05, 4.69) is 5.32 Å². The summed E-state index contributed by atoms with van der Waals surface area (Å²) >= 11 is 11.4. The van der Waals surface area contributed by atoms with Crippen molar-refractivity contribution in [3.63, 3.8) is 0 Å². The maximum Gasteiger partial charge on any atom is 0.269 e. The van der Waals surface area contributed by atoms with Crippen LogP contribution in [0.25, 0.3) is 11.5 Å². The van der Waals surface area contributed by atoms with Gasteiger partial charge < -0.3 is 10.4 Å². The highest BCUT2D eigenvalue weighted by molar-refractivity contribution is 7.81. The minimum absolute atomic E-state index is 0.0897. The minimum atomic E-state index is -0.513. The summed E-state index contributed by atoms with van der Waals surface area (Å²) in [4.78, 5) is 10.6. The van der Waals surface area contributed by atoms with Crippen molar-refractivity contribution < 1.29 is 14.6 Å². The molecule has 0 fully saturated rings. The molecule has 6 nitrogen and oxygen atoms in total. The summed E-state index contributed by atoms with van der Waals surface area (Å²) in [5, 5.41) is 27.8. The van der Waals surface area contributed by atoms with Gasteiger partial charge in [0.05, 0.1) is 4.92 Å². The number of aromatic nitrogens is 1. The third kappa shape index (κ3) is 4.96. The zero-order chi connectivity index (χ0) is 21.0. The van der Waals surface area contributed by atoms with Gasteiger partial charge in [-0.05, 0) is 60.7 Å². The monoisotopic (exact) mass is 425 g/mol. The van der Waals surface area contributed by atoms with Crippen molar-refractivity contribution in [2.24, 2.45) is 0 Å². The van der Waals surface area contributed by atoms with Gasteiger partial charge in [-0.15, -0.1) is 0 Å². The van der Waals surface area contributed by atoms with E-state index in [-0.39, 0.29) is 22.1 Å². The van der Waals surface area contributed by atoms with Gasteiger partial charge in [-0.25, -0.2) is 0 Å². The summed E-state index contributed by atoms with van der Waals surface area (Å²) < 4.78 is 1.64. The average molecular weight is 426 g/mol. The molecule has 0 saturated carbocycles. The first-order valence-electron chi connectivity index (χ1n) is 8.56. The number of halogens is 1. The molecule has 0 bridgehead atoms. The Morgan fingerprint density at radius 2 is 1.76 bits per heavy atom. The fraction of sp³-hybridized carbons (Fsp3) is 0.0476. The number of nitrogens with zero attached hydrogens (tertiary/aromatic N) is 2. The molecule has 0 aliphatic carbocycles. The number of nitro groups is 1. The second-order valence-corrected chi connectivity index (χ2v) is 7.08. The van der Waals surface area contributed by atoms with Gasteiger partial charge in [0.15, 0.2) is 17.4 Å². The van der Waals surface area contributed by atoms with Gasteiger partial charge in [-0.2, -0.15) is 4.57 Å². The molecule has 3 rings (SSSR count). The molecule has 2 aromatic carbocycles.